The van der Waals surface area contributed by atoms with E-state index < -0.39 is 27.7 Å². The number of anilines is 1. The van der Waals surface area contributed by atoms with Crippen LogP contribution in [0.2, 0.25) is 0 Å². The number of primary amides is 1. The lowest BCUT2D eigenvalue weighted by Gasteiger charge is -2.10. The minimum absolute atomic E-state index is 0.0279. The van der Waals surface area contributed by atoms with E-state index in [0.29, 0.717) is 5.69 Å². The zero-order valence-corrected chi connectivity index (χ0v) is 11.8. The van der Waals surface area contributed by atoms with Gasteiger partial charge >= 0.3 is 0 Å². The van der Waals surface area contributed by atoms with Crippen LogP contribution in [0.5, 0.6) is 0 Å². The second-order valence-electron chi connectivity index (χ2n) is 4.41. The molecule has 112 valence electrons. The first-order chi connectivity index (χ1) is 9.17. The van der Waals surface area contributed by atoms with Gasteiger partial charge in [-0.3, -0.25) is 14.3 Å². The Labute approximate surface area is 116 Å². The molecular formula is C10H17N5O4S. The molecule has 0 aromatic carbocycles. The SMILES string of the molecule is CS(=O)(=O)CCC(N)C(=O)Nc1cnn(CC(N)=O)c1. The monoisotopic (exact) mass is 303 g/mol. The van der Waals surface area contributed by atoms with Gasteiger partial charge in [0, 0.05) is 12.5 Å². The number of carbonyl (C=O) groups is 2. The van der Waals surface area contributed by atoms with Crippen LogP contribution in [-0.2, 0) is 26.0 Å². The minimum Gasteiger partial charge on any atom is -0.368 e. The van der Waals surface area contributed by atoms with E-state index in [-0.39, 0.29) is 18.7 Å². The third-order valence-electron chi connectivity index (χ3n) is 2.36. The Morgan fingerprint density at radius 1 is 1.50 bits per heavy atom. The van der Waals surface area contributed by atoms with Crippen LogP contribution < -0.4 is 16.8 Å². The van der Waals surface area contributed by atoms with Crippen LogP contribution in [0.4, 0.5) is 5.69 Å². The predicted molar refractivity (Wildman–Crippen MR) is 72.4 cm³/mol. The number of rotatable bonds is 7. The van der Waals surface area contributed by atoms with Gasteiger partial charge in [-0.2, -0.15) is 5.10 Å². The largest absolute Gasteiger partial charge is 0.368 e. The summed E-state index contributed by atoms with van der Waals surface area (Å²) in [5, 5.41) is 6.30. The predicted octanol–water partition coefficient (Wildman–Crippen LogP) is -1.93. The first kappa shape index (κ1) is 16.1. The maximum atomic E-state index is 11.7. The normalized spacial score (nSPS) is 12.9. The summed E-state index contributed by atoms with van der Waals surface area (Å²) in [7, 11) is -3.16. The molecular weight excluding hydrogens is 286 g/mol. The average molecular weight is 303 g/mol. The second-order valence-corrected chi connectivity index (χ2v) is 6.67. The van der Waals surface area contributed by atoms with Gasteiger partial charge in [-0.1, -0.05) is 0 Å². The molecule has 1 atom stereocenters. The van der Waals surface area contributed by atoms with Crippen LogP contribution in [-0.4, -0.2) is 48.1 Å². The maximum absolute atomic E-state index is 11.7. The van der Waals surface area contributed by atoms with E-state index in [1.54, 1.807) is 0 Å². The van der Waals surface area contributed by atoms with Crippen LogP contribution in [0, 0.1) is 0 Å². The van der Waals surface area contributed by atoms with E-state index in [0.717, 1.165) is 6.26 Å². The molecule has 0 radical (unpaired) electrons. The minimum atomic E-state index is -3.16. The lowest BCUT2D eigenvalue weighted by Crippen LogP contribution is -2.37. The molecule has 1 rings (SSSR count). The molecule has 0 aliphatic carbocycles. The van der Waals surface area contributed by atoms with Gasteiger partial charge in [-0.15, -0.1) is 0 Å². The van der Waals surface area contributed by atoms with Crippen molar-refractivity contribution in [1.29, 1.82) is 0 Å². The summed E-state index contributed by atoms with van der Waals surface area (Å²) >= 11 is 0. The lowest BCUT2D eigenvalue weighted by atomic mass is 10.2. The van der Waals surface area contributed by atoms with Crippen molar-refractivity contribution in [2.45, 2.75) is 19.0 Å². The van der Waals surface area contributed by atoms with Crippen LogP contribution in [0.1, 0.15) is 6.42 Å². The molecule has 0 saturated carbocycles. The van der Waals surface area contributed by atoms with Crippen molar-refractivity contribution in [3.63, 3.8) is 0 Å². The van der Waals surface area contributed by atoms with Gasteiger partial charge in [-0.05, 0) is 6.42 Å². The highest BCUT2D eigenvalue weighted by atomic mass is 32.2. The van der Waals surface area contributed by atoms with E-state index >= 15 is 0 Å². The Balaban J connectivity index is 2.53. The molecule has 10 heteroatoms. The van der Waals surface area contributed by atoms with Crippen LogP contribution in [0.15, 0.2) is 12.4 Å². The second kappa shape index (κ2) is 6.48. The van der Waals surface area contributed by atoms with Gasteiger partial charge in [0.1, 0.15) is 16.4 Å². The van der Waals surface area contributed by atoms with Crippen molar-refractivity contribution in [3.05, 3.63) is 12.4 Å². The fourth-order valence-corrected chi connectivity index (χ4v) is 2.06. The molecule has 1 unspecified atom stereocenters. The molecule has 0 saturated heterocycles. The van der Waals surface area contributed by atoms with Crippen LogP contribution >= 0.6 is 0 Å². The summed E-state index contributed by atoms with van der Waals surface area (Å²) in [4.78, 5) is 22.4. The highest BCUT2D eigenvalue weighted by Crippen LogP contribution is 2.06. The van der Waals surface area contributed by atoms with Crippen molar-refractivity contribution >= 4 is 27.3 Å². The number of nitrogens with zero attached hydrogens (tertiary/aromatic N) is 2. The highest BCUT2D eigenvalue weighted by molar-refractivity contribution is 7.90. The number of nitrogens with two attached hydrogens (primary N) is 2. The number of sulfone groups is 1. The van der Waals surface area contributed by atoms with Crippen molar-refractivity contribution < 1.29 is 18.0 Å². The van der Waals surface area contributed by atoms with Gasteiger partial charge < -0.3 is 16.8 Å². The molecule has 1 aromatic heterocycles. The van der Waals surface area contributed by atoms with E-state index in [1.807, 2.05) is 0 Å². The fourth-order valence-electron chi connectivity index (χ4n) is 1.38. The molecule has 0 aliphatic heterocycles. The van der Waals surface area contributed by atoms with Gasteiger partial charge in [-0.25, -0.2) is 8.42 Å². The van der Waals surface area contributed by atoms with Crippen LogP contribution in [0.25, 0.3) is 0 Å². The lowest BCUT2D eigenvalue weighted by molar-refractivity contribution is -0.119. The maximum Gasteiger partial charge on any atom is 0.241 e. The standard InChI is InChI=1S/C10H17N5O4S/c1-20(18,19)3-2-8(11)10(17)14-7-4-13-15(5-7)6-9(12)16/h4-5,8H,2-3,6,11H2,1H3,(H2,12,16)(H,14,17). The Morgan fingerprint density at radius 3 is 2.70 bits per heavy atom. The zero-order valence-electron chi connectivity index (χ0n) is 10.9. The third kappa shape index (κ3) is 5.80. The summed E-state index contributed by atoms with van der Waals surface area (Å²) in [6.07, 6.45) is 3.86. The fraction of sp³-hybridized carbons (Fsp3) is 0.500. The summed E-state index contributed by atoms with van der Waals surface area (Å²) in [6, 6.07) is -0.941. The Morgan fingerprint density at radius 2 is 2.15 bits per heavy atom. The summed E-state index contributed by atoms with van der Waals surface area (Å²) in [6.45, 7) is -0.101. The summed E-state index contributed by atoms with van der Waals surface area (Å²) in [5.74, 6) is -1.24. The Kier molecular flexibility index (Phi) is 5.22. The molecule has 20 heavy (non-hydrogen) atoms. The highest BCUT2D eigenvalue weighted by Gasteiger charge is 2.16. The molecule has 1 heterocycles. The molecule has 0 spiro atoms. The van der Waals surface area contributed by atoms with Crippen molar-refractivity contribution in [1.82, 2.24) is 9.78 Å². The molecule has 0 aliphatic rings. The van der Waals surface area contributed by atoms with Crippen molar-refractivity contribution in [3.8, 4) is 0 Å². The zero-order chi connectivity index (χ0) is 15.3. The summed E-state index contributed by atoms with van der Waals surface area (Å²) in [5.41, 5.74) is 10.9. The molecule has 5 N–H and O–H groups in total. The molecule has 1 aromatic rings. The third-order valence-corrected chi connectivity index (χ3v) is 3.33. The van der Waals surface area contributed by atoms with E-state index in [9.17, 15) is 18.0 Å². The topological polar surface area (TPSA) is 150 Å². The number of nitrogens with one attached hydrogen (secondary N) is 1. The number of carbonyl (C=O) groups excluding carboxylic acids is 2. The van der Waals surface area contributed by atoms with Crippen molar-refractivity contribution in [2.24, 2.45) is 11.5 Å². The first-order valence-corrected chi connectivity index (χ1v) is 7.78. The Bertz CT molecular complexity index is 595. The molecule has 0 bridgehead atoms. The van der Waals surface area contributed by atoms with Gasteiger partial charge in [0.05, 0.1) is 23.7 Å². The quantitative estimate of drug-likeness (QED) is 0.533. The summed E-state index contributed by atoms with van der Waals surface area (Å²) < 4.78 is 23.2. The number of aromatic nitrogens is 2. The smallest absolute Gasteiger partial charge is 0.241 e. The van der Waals surface area contributed by atoms with E-state index in [4.69, 9.17) is 11.5 Å². The van der Waals surface area contributed by atoms with Crippen LogP contribution in [0.3, 0.4) is 0 Å². The first-order valence-electron chi connectivity index (χ1n) is 5.72. The average Bonchev–Trinajstić information content (AvgIpc) is 2.71. The van der Waals surface area contributed by atoms with Gasteiger partial charge in [0.25, 0.3) is 0 Å². The molecule has 0 fully saturated rings. The number of hydrogen-bond acceptors (Lipinski definition) is 6. The van der Waals surface area contributed by atoms with E-state index in [2.05, 4.69) is 10.4 Å². The van der Waals surface area contributed by atoms with Gasteiger partial charge in [0.2, 0.25) is 11.8 Å². The number of hydrogen-bond donors (Lipinski definition) is 3. The Hall–Kier alpha value is -1.94. The van der Waals surface area contributed by atoms with Crippen molar-refractivity contribution in [2.75, 3.05) is 17.3 Å². The molecule has 9 nitrogen and oxygen atoms in total. The number of amides is 2. The molecule has 2 amide bonds. The van der Waals surface area contributed by atoms with E-state index in [1.165, 1.54) is 17.1 Å². The van der Waals surface area contributed by atoms with Gasteiger partial charge in [0.15, 0.2) is 0 Å².